The Bertz CT molecular complexity index is 852. The van der Waals surface area contributed by atoms with E-state index < -0.39 is 17.8 Å². The van der Waals surface area contributed by atoms with Crippen molar-refractivity contribution >= 4 is 17.8 Å². The van der Waals surface area contributed by atoms with Crippen LogP contribution in [-0.4, -0.2) is 29.5 Å². The molecule has 0 atom stereocenters. The lowest BCUT2D eigenvalue weighted by Gasteiger charge is -2.13. The summed E-state index contributed by atoms with van der Waals surface area (Å²) in [4.78, 5) is 41.6. The largest absolute Gasteiger partial charge is 0.490 e. The predicted molar refractivity (Wildman–Crippen MR) is 93.5 cm³/mol. The second-order valence-electron chi connectivity index (χ2n) is 5.62. The highest BCUT2D eigenvalue weighted by Gasteiger charge is 2.38. The minimum Gasteiger partial charge on any atom is -0.490 e. The Labute approximate surface area is 150 Å². The predicted octanol–water partition coefficient (Wildman–Crippen LogP) is 2.94. The minimum atomic E-state index is -0.704. The van der Waals surface area contributed by atoms with Crippen molar-refractivity contribution in [1.29, 1.82) is 0 Å². The summed E-state index contributed by atoms with van der Waals surface area (Å²) < 4.78 is 5.52. The maximum Gasteiger partial charge on any atom is 0.337 e. The van der Waals surface area contributed by atoms with Gasteiger partial charge in [-0.2, -0.15) is 0 Å². The minimum absolute atomic E-state index is 0.0891. The van der Waals surface area contributed by atoms with E-state index in [1.165, 1.54) is 12.1 Å². The molecule has 0 aromatic heterocycles. The molecule has 2 amide bonds. The molecule has 6 nitrogen and oxygen atoms in total. The van der Waals surface area contributed by atoms with Gasteiger partial charge in [0.2, 0.25) is 0 Å². The Hall–Kier alpha value is -3.41. The van der Waals surface area contributed by atoms with Crippen LogP contribution in [-0.2, 0) is 16.1 Å². The van der Waals surface area contributed by atoms with Crippen molar-refractivity contribution in [1.82, 2.24) is 5.06 Å². The smallest absolute Gasteiger partial charge is 0.337 e. The molecule has 1 heterocycles. The molecule has 1 aliphatic rings. The molecular formula is C20H17NO5. The van der Waals surface area contributed by atoms with Gasteiger partial charge in [-0.05, 0) is 36.8 Å². The van der Waals surface area contributed by atoms with Crippen molar-refractivity contribution < 1.29 is 24.0 Å². The number of hydrogen-bond acceptors (Lipinski definition) is 5. The Morgan fingerprint density at radius 1 is 1.04 bits per heavy atom. The molecule has 6 heteroatoms. The zero-order valence-corrected chi connectivity index (χ0v) is 14.2. The first kappa shape index (κ1) is 17.4. The van der Waals surface area contributed by atoms with E-state index >= 15 is 0 Å². The van der Waals surface area contributed by atoms with Crippen LogP contribution in [0.2, 0.25) is 0 Å². The number of hydroxylamine groups is 2. The summed E-state index contributed by atoms with van der Waals surface area (Å²) in [6.07, 6.45) is 3.65. The Balaban J connectivity index is 1.64. The number of carbonyl (C=O) groups excluding carboxylic acids is 3. The molecule has 0 radical (unpaired) electrons. The lowest BCUT2D eigenvalue weighted by molar-refractivity contribution is -0.167. The molecule has 0 aliphatic carbocycles. The van der Waals surface area contributed by atoms with Gasteiger partial charge in [0.15, 0.2) is 0 Å². The number of allylic oxidation sites excluding steroid dienone is 1. The van der Waals surface area contributed by atoms with Crippen molar-refractivity contribution in [3.05, 3.63) is 77.4 Å². The average Bonchev–Trinajstić information content (AvgIpc) is 2.88. The van der Waals surface area contributed by atoms with Crippen LogP contribution in [0.25, 0.3) is 0 Å². The van der Waals surface area contributed by atoms with Gasteiger partial charge in [-0.15, -0.1) is 0 Å². The third kappa shape index (κ3) is 3.64. The molecule has 0 spiro atoms. The molecule has 0 unspecified atom stereocenters. The summed E-state index contributed by atoms with van der Waals surface area (Å²) in [5.41, 5.74) is 1.11. The standard InChI is InChI=1S/C20H17NO5/c1-2-3-11-25-15-8-6-7-14(12-15)13-18(22)26-21-19(23)16-9-4-5-10-17(16)20(21)24/h2-10,12H,11,13H2,1H3/b3-2+. The van der Waals surface area contributed by atoms with E-state index in [9.17, 15) is 14.4 Å². The van der Waals surface area contributed by atoms with Gasteiger partial charge in [0.1, 0.15) is 12.4 Å². The fourth-order valence-corrected chi connectivity index (χ4v) is 2.54. The van der Waals surface area contributed by atoms with Crippen molar-refractivity contribution in [2.75, 3.05) is 6.61 Å². The Morgan fingerprint density at radius 3 is 2.38 bits per heavy atom. The van der Waals surface area contributed by atoms with E-state index in [1.54, 1.807) is 36.4 Å². The quantitative estimate of drug-likeness (QED) is 0.591. The monoisotopic (exact) mass is 351 g/mol. The van der Waals surface area contributed by atoms with Gasteiger partial charge in [-0.1, -0.05) is 41.5 Å². The molecule has 0 saturated carbocycles. The normalized spacial score (nSPS) is 13.2. The molecule has 26 heavy (non-hydrogen) atoms. The second kappa shape index (κ2) is 7.65. The number of imide groups is 1. The zero-order chi connectivity index (χ0) is 18.5. The lowest BCUT2D eigenvalue weighted by atomic mass is 10.1. The molecule has 3 rings (SSSR count). The van der Waals surface area contributed by atoms with Gasteiger partial charge in [0, 0.05) is 0 Å². The summed E-state index contributed by atoms with van der Waals surface area (Å²) in [5.74, 6) is -1.36. The van der Waals surface area contributed by atoms with E-state index in [-0.39, 0.29) is 17.5 Å². The summed E-state index contributed by atoms with van der Waals surface area (Å²) in [5, 5.41) is 0.513. The number of carbonyl (C=O) groups is 3. The third-order valence-electron chi connectivity index (χ3n) is 3.78. The first-order chi connectivity index (χ1) is 12.6. The van der Waals surface area contributed by atoms with E-state index in [0.29, 0.717) is 23.0 Å². The number of benzene rings is 2. The van der Waals surface area contributed by atoms with Crippen molar-refractivity contribution in [2.45, 2.75) is 13.3 Å². The summed E-state index contributed by atoms with van der Waals surface area (Å²) in [6, 6.07) is 13.3. The van der Waals surface area contributed by atoms with Crippen LogP contribution in [0.4, 0.5) is 0 Å². The first-order valence-electron chi connectivity index (χ1n) is 8.11. The molecule has 1 aliphatic heterocycles. The highest BCUT2D eigenvalue weighted by atomic mass is 16.7. The zero-order valence-electron chi connectivity index (χ0n) is 14.2. The van der Waals surface area contributed by atoms with E-state index in [4.69, 9.17) is 9.57 Å². The number of hydrogen-bond donors (Lipinski definition) is 0. The van der Waals surface area contributed by atoms with Crippen molar-refractivity contribution in [2.24, 2.45) is 0 Å². The van der Waals surface area contributed by atoms with Crippen LogP contribution >= 0.6 is 0 Å². The van der Waals surface area contributed by atoms with Gasteiger partial charge in [0.25, 0.3) is 11.8 Å². The lowest BCUT2D eigenvalue weighted by Crippen LogP contribution is -2.33. The summed E-state index contributed by atoms with van der Waals surface area (Å²) >= 11 is 0. The Kier molecular flexibility index (Phi) is 5.12. The van der Waals surface area contributed by atoms with Gasteiger partial charge in [-0.3, -0.25) is 9.59 Å². The maximum absolute atomic E-state index is 12.2. The van der Waals surface area contributed by atoms with E-state index in [1.807, 2.05) is 19.1 Å². The fourth-order valence-electron chi connectivity index (χ4n) is 2.54. The average molecular weight is 351 g/mol. The molecule has 0 saturated heterocycles. The number of nitrogens with zero attached hydrogens (tertiary/aromatic N) is 1. The SMILES string of the molecule is C/C=C/COc1cccc(CC(=O)ON2C(=O)c3ccccc3C2=O)c1. The second-order valence-corrected chi connectivity index (χ2v) is 5.62. The van der Waals surface area contributed by atoms with E-state index in [0.717, 1.165) is 0 Å². The van der Waals surface area contributed by atoms with Gasteiger partial charge >= 0.3 is 5.97 Å². The molecule has 0 fully saturated rings. The molecular weight excluding hydrogens is 334 g/mol. The maximum atomic E-state index is 12.2. The van der Waals surface area contributed by atoms with E-state index in [2.05, 4.69) is 0 Å². The summed E-state index contributed by atoms with van der Waals surface area (Å²) in [7, 11) is 0. The van der Waals surface area contributed by atoms with Crippen LogP contribution in [0.15, 0.2) is 60.7 Å². The molecule has 0 bridgehead atoms. The highest BCUT2D eigenvalue weighted by Crippen LogP contribution is 2.23. The third-order valence-corrected chi connectivity index (χ3v) is 3.78. The number of amides is 2. The number of ether oxygens (including phenoxy) is 1. The van der Waals surface area contributed by atoms with Gasteiger partial charge in [0.05, 0.1) is 17.5 Å². The molecule has 0 N–H and O–H groups in total. The molecule has 2 aromatic carbocycles. The summed E-state index contributed by atoms with van der Waals surface area (Å²) in [6.45, 7) is 2.33. The van der Waals surface area contributed by atoms with Gasteiger partial charge in [-0.25, -0.2) is 4.79 Å². The molecule has 132 valence electrons. The van der Waals surface area contributed by atoms with Crippen LogP contribution < -0.4 is 4.74 Å². The van der Waals surface area contributed by atoms with Crippen LogP contribution in [0.1, 0.15) is 33.2 Å². The van der Waals surface area contributed by atoms with Crippen LogP contribution in [0.5, 0.6) is 5.75 Å². The Morgan fingerprint density at radius 2 is 1.73 bits per heavy atom. The number of fused-ring (bicyclic) bond motifs is 1. The van der Waals surface area contributed by atoms with Crippen molar-refractivity contribution in [3.63, 3.8) is 0 Å². The first-order valence-corrected chi connectivity index (χ1v) is 8.11. The topological polar surface area (TPSA) is 72.9 Å². The number of rotatable bonds is 6. The highest BCUT2D eigenvalue weighted by molar-refractivity contribution is 6.20. The van der Waals surface area contributed by atoms with Crippen LogP contribution in [0.3, 0.4) is 0 Å². The van der Waals surface area contributed by atoms with Crippen LogP contribution in [0, 0.1) is 0 Å². The van der Waals surface area contributed by atoms with Gasteiger partial charge < -0.3 is 9.57 Å². The fraction of sp³-hybridized carbons (Fsp3) is 0.150. The molecule has 2 aromatic rings. The van der Waals surface area contributed by atoms with Crippen molar-refractivity contribution in [3.8, 4) is 5.75 Å².